The molecule has 174 valence electrons. The van der Waals surface area contributed by atoms with Crippen LogP contribution in [0, 0.1) is 10.1 Å². The molecular formula is C23H22N6O5. The molecule has 4 aromatic rings. The maximum Gasteiger partial charge on any atom is 0.343 e. The van der Waals surface area contributed by atoms with E-state index in [1.54, 1.807) is 35.8 Å². The first kappa shape index (κ1) is 22.5. The SMILES string of the molecule is COC(=O)c1cnc(Nc2cc([N+](=O)[O-])c(N(C)C)cc2OC)nc1-n1ccc2ccccc21. The van der Waals surface area contributed by atoms with Gasteiger partial charge in [0.15, 0.2) is 5.82 Å². The van der Waals surface area contributed by atoms with E-state index in [2.05, 4.69) is 15.3 Å². The van der Waals surface area contributed by atoms with Crippen LogP contribution in [0.3, 0.4) is 0 Å². The summed E-state index contributed by atoms with van der Waals surface area (Å²) in [5.41, 5.74) is 1.56. The Morgan fingerprint density at radius 2 is 1.94 bits per heavy atom. The second-order valence-corrected chi connectivity index (χ2v) is 7.48. The predicted octanol–water partition coefficient (Wildman–Crippen LogP) is 3.93. The topological polar surface area (TPSA) is 125 Å². The summed E-state index contributed by atoms with van der Waals surface area (Å²) in [6, 6.07) is 12.5. The highest BCUT2D eigenvalue weighted by molar-refractivity contribution is 5.94. The molecule has 0 aliphatic heterocycles. The van der Waals surface area contributed by atoms with Crippen LogP contribution in [0.5, 0.6) is 5.75 Å². The fourth-order valence-electron chi connectivity index (χ4n) is 3.59. The van der Waals surface area contributed by atoms with Gasteiger partial charge in [-0.05, 0) is 17.5 Å². The van der Waals surface area contributed by atoms with Gasteiger partial charge >= 0.3 is 5.97 Å². The summed E-state index contributed by atoms with van der Waals surface area (Å²) in [5.74, 6) is 0.181. The van der Waals surface area contributed by atoms with Crippen LogP contribution in [0.15, 0.2) is 54.9 Å². The van der Waals surface area contributed by atoms with Gasteiger partial charge < -0.3 is 24.3 Å². The minimum atomic E-state index is -0.595. The van der Waals surface area contributed by atoms with Gasteiger partial charge in [0.25, 0.3) is 5.69 Å². The van der Waals surface area contributed by atoms with Gasteiger partial charge in [0, 0.05) is 38.6 Å². The highest BCUT2D eigenvalue weighted by Crippen LogP contribution is 2.38. The molecule has 11 heteroatoms. The van der Waals surface area contributed by atoms with Gasteiger partial charge in [-0.1, -0.05) is 18.2 Å². The molecule has 4 rings (SSSR count). The van der Waals surface area contributed by atoms with Gasteiger partial charge in [-0.2, -0.15) is 4.98 Å². The number of nitro benzene ring substituents is 1. The fraction of sp³-hybridized carbons (Fsp3) is 0.174. The summed E-state index contributed by atoms with van der Waals surface area (Å²) >= 11 is 0. The van der Waals surface area contributed by atoms with Gasteiger partial charge in [0.05, 0.1) is 30.3 Å². The summed E-state index contributed by atoms with van der Waals surface area (Å²) in [5, 5.41) is 15.6. The standard InChI is InChI=1S/C23H22N6O5/c1-27(2)18-12-20(33-3)16(11-19(18)29(31)32)25-23-24-13-15(22(30)34-4)21(26-23)28-10-9-14-7-5-6-8-17(14)28/h5-13H,1-4H3,(H,24,25,26). The Morgan fingerprint density at radius 3 is 2.62 bits per heavy atom. The number of fused-ring (bicyclic) bond motifs is 1. The summed E-state index contributed by atoms with van der Waals surface area (Å²) < 4.78 is 12.1. The Balaban J connectivity index is 1.84. The van der Waals surface area contributed by atoms with Crippen molar-refractivity contribution in [3.63, 3.8) is 0 Å². The van der Waals surface area contributed by atoms with Gasteiger partial charge in [-0.25, -0.2) is 9.78 Å². The van der Waals surface area contributed by atoms with Crippen LogP contribution in [0.1, 0.15) is 10.4 Å². The lowest BCUT2D eigenvalue weighted by Crippen LogP contribution is -2.13. The third-order valence-corrected chi connectivity index (χ3v) is 5.22. The first-order chi connectivity index (χ1) is 16.3. The number of methoxy groups -OCH3 is 2. The number of hydrogen-bond donors (Lipinski definition) is 1. The zero-order valence-electron chi connectivity index (χ0n) is 19.0. The molecule has 0 bridgehead atoms. The number of para-hydroxylation sites is 1. The predicted molar refractivity (Wildman–Crippen MR) is 127 cm³/mol. The van der Waals surface area contributed by atoms with Crippen LogP contribution in [0.4, 0.5) is 23.0 Å². The smallest absolute Gasteiger partial charge is 0.343 e. The number of nitro groups is 1. The van der Waals surface area contributed by atoms with Crippen molar-refractivity contribution >= 4 is 39.9 Å². The van der Waals surface area contributed by atoms with Crippen LogP contribution in [-0.2, 0) is 4.74 Å². The third-order valence-electron chi connectivity index (χ3n) is 5.22. The third kappa shape index (κ3) is 4.06. The Labute approximate surface area is 194 Å². The monoisotopic (exact) mass is 462 g/mol. The number of carbonyl (C=O) groups excluding carboxylic acids is 1. The van der Waals surface area contributed by atoms with E-state index >= 15 is 0 Å². The zero-order valence-corrected chi connectivity index (χ0v) is 19.0. The van der Waals surface area contributed by atoms with Crippen molar-refractivity contribution in [1.82, 2.24) is 14.5 Å². The highest BCUT2D eigenvalue weighted by Gasteiger charge is 2.22. The minimum absolute atomic E-state index is 0.115. The maximum absolute atomic E-state index is 12.4. The van der Waals surface area contributed by atoms with Crippen molar-refractivity contribution in [2.45, 2.75) is 0 Å². The molecule has 0 amide bonds. The number of esters is 1. The largest absolute Gasteiger partial charge is 0.494 e. The molecule has 0 saturated heterocycles. The van der Waals surface area contributed by atoms with E-state index in [1.165, 1.54) is 26.5 Å². The van der Waals surface area contributed by atoms with E-state index in [1.807, 2.05) is 30.3 Å². The van der Waals surface area contributed by atoms with E-state index in [0.29, 0.717) is 22.9 Å². The number of benzene rings is 2. The number of ether oxygens (including phenoxy) is 2. The second kappa shape index (κ2) is 9.06. The van der Waals surface area contributed by atoms with Crippen molar-refractivity contribution in [2.75, 3.05) is 38.5 Å². The lowest BCUT2D eigenvalue weighted by Gasteiger charge is -2.17. The Kier molecular flexibility index (Phi) is 6.00. The van der Waals surface area contributed by atoms with Crippen molar-refractivity contribution in [3.8, 4) is 11.6 Å². The average Bonchev–Trinajstić information content (AvgIpc) is 3.27. The lowest BCUT2D eigenvalue weighted by atomic mass is 10.2. The Bertz CT molecular complexity index is 1400. The van der Waals surface area contributed by atoms with E-state index in [-0.39, 0.29) is 17.2 Å². The van der Waals surface area contributed by atoms with E-state index in [0.717, 1.165) is 10.9 Å². The van der Waals surface area contributed by atoms with Gasteiger partial charge in [0.1, 0.15) is 17.0 Å². The molecule has 2 aromatic heterocycles. The molecule has 0 spiro atoms. The minimum Gasteiger partial charge on any atom is -0.494 e. The first-order valence-electron chi connectivity index (χ1n) is 10.2. The summed E-state index contributed by atoms with van der Waals surface area (Å²) in [6.45, 7) is 0. The van der Waals surface area contributed by atoms with Crippen molar-refractivity contribution in [1.29, 1.82) is 0 Å². The van der Waals surface area contributed by atoms with Crippen LogP contribution in [-0.4, -0.2) is 53.7 Å². The van der Waals surface area contributed by atoms with Crippen LogP contribution in [0.2, 0.25) is 0 Å². The number of nitrogens with one attached hydrogen (secondary N) is 1. The molecular weight excluding hydrogens is 440 g/mol. The molecule has 0 fully saturated rings. The summed E-state index contributed by atoms with van der Waals surface area (Å²) in [4.78, 5) is 34.0. The summed E-state index contributed by atoms with van der Waals surface area (Å²) in [7, 11) is 6.15. The lowest BCUT2D eigenvalue weighted by molar-refractivity contribution is -0.384. The van der Waals surface area contributed by atoms with Crippen LogP contribution < -0.4 is 15.0 Å². The molecule has 0 unspecified atom stereocenters. The number of carbonyl (C=O) groups is 1. The number of anilines is 3. The molecule has 0 radical (unpaired) electrons. The Hall–Kier alpha value is -4.67. The van der Waals surface area contributed by atoms with Crippen LogP contribution >= 0.6 is 0 Å². The molecule has 11 nitrogen and oxygen atoms in total. The molecule has 1 N–H and O–H groups in total. The van der Waals surface area contributed by atoms with Crippen molar-refractivity contribution < 1.29 is 19.2 Å². The normalized spacial score (nSPS) is 10.7. The molecule has 0 aliphatic rings. The van der Waals surface area contributed by atoms with Crippen LogP contribution in [0.25, 0.3) is 16.7 Å². The second-order valence-electron chi connectivity index (χ2n) is 7.48. The van der Waals surface area contributed by atoms with E-state index in [4.69, 9.17) is 9.47 Å². The first-order valence-corrected chi connectivity index (χ1v) is 10.2. The molecule has 2 heterocycles. The number of aromatic nitrogens is 3. The Morgan fingerprint density at radius 1 is 1.18 bits per heavy atom. The van der Waals surface area contributed by atoms with Gasteiger partial charge in [-0.3, -0.25) is 10.1 Å². The van der Waals surface area contributed by atoms with Crippen molar-refractivity contribution in [2.24, 2.45) is 0 Å². The van der Waals surface area contributed by atoms with Gasteiger partial charge in [-0.15, -0.1) is 0 Å². The quantitative estimate of drug-likeness (QED) is 0.247. The average molecular weight is 462 g/mol. The maximum atomic E-state index is 12.4. The molecule has 0 atom stereocenters. The number of rotatable bonds is 7. The molecule has 0 aliphatic carbocycles. The molecule has 0 saturated carbocycles. The number of nitrogens with zero attached hydrogens (tertiary/aromatic N) is 5. The fourth-order valence-corrected chi connectivity index (χ4v) is 3.59. The number of hydrogen-bond acceptors (Lipinski definition) is 9. The molecule has 2 aromatic carbocycles. The molecule has 34 heavy (non-hydrogen) atoms. The van der Waals surface area contributed by atoms with E-state index < -0.39 is 10.9 Å². The zero-order chi connectivity index (χ0) is 24.4. The van der Waals surface area contributed by atoms with E-state index in [9.17, 15) is 14.9 Å². The highest BCUT2D eigenvalue weighted by atomic mass is 16.6. The van der Waals surface area contributed by atoms with Crippen molar-refractivity contribution in [3.05, 3.63) is 70.5 Å². The van der Waals surface area contributed by atoms with Gasteiger partial charge in [0.2, 0.25) is 5.95 Å². The summed E-state index contributed by atoms with van der Waals surface area (Å²) in [6.07, 6.45) is 3.14.